The normalized spacial score (nSPS) is 14.7. The van der Waals surface area contributed by atoms with Crippen LogP contribution in [0.5, 0.6) is 0 Å². The van der Waals surface area contributed by atoms with Crippen LogP contribution in [-0.4, -0.2) is 43.1 Å². The molecule has 8 nitrogen and oxygen atoms in total. The number of halogens is 1. The van der Waals surface area contributed by atoms with E-state index < -0.39 is 0 Å². The summed E-state index contributed by atoms with van der Waals surface area (Å²) in [5.41, 5.74) is 4.28. The molecule has 170 valence electrons. The maximum atomic E-state index is 13.0. The van der Waals surface area contributed by atoms with Crippen LogP contribution >= 0.6 is 11.6 Å². The third-order valence-electron chi connectivity index (χ3n) is 6.23. The van der Waals surface area contributed by atoms with Crippen molar-refractivity contribution in [3.05, 3.63) is 77.2 Å². The van der Waals surface area contributed by atoms with Crippen LogP contribution in [0.25, 0.3) is 5.65 Å². The molecule has 0 aliphatic carbocycles. The highest BCUT2D eigenvalue weighted by molar-refractivity contribution is 6.30. The smallest absolute Gasteiger partial charge is 0.270 e. The van der Waals surface area contributed by atoms with E-state index in [1.54, 1.807) is 29.3 Å². The van der Waals surface area contributed by atoms with Gasteiger partial charge in [-0.2, -0.15) is 5.10 Å². The predicted molar refractivity (Wildman–Crippen MR) is 128 cm³/mol. The van der Waals surface area contributed by atoms with Gasteiger partial charge < -0.3 is 10.2 Å². The minimum absolute atomic E-state index is 0.152. The van der Waals surface area contributed by atoms with Crippen molar-refractivity contribution < 1.29 is 4.79 Å². The first-order valence-electron chi connectivity index (χ1n) is 11.2. The molecular formula is C24H26ClN7O. The fourth-order valence-electron chi connectivity index (χ4n) is 4.44. The number of nitrogens with one attached hydrogen (secondary N) is 1. The van der Waals surface area contributed by atoms with E-state index in [2.05, 4.69) is 49.5 Å². The molecule has 1 aliphatic rings. The van der Waals surface area contributed by atoms with Crippen molar-refractivity contribution in [3.63, 3.8) is 0 Å². The Morgan fingerprint density at radius 2 is 1.94 bits per heavy atom. The molecule has 9 heteroatoms. The molecule has 4 aromatic rings. The molecule has 0 unspecified atom stereocenters. The highest BCUT2D eigenvalue weighted by atomic mass is 35.5. The first kappa shape index (κ1) is 21.5. The molecule has 1 N–H and O–H groups in total. The molecule has 0 spiro atoms. The molecular weight excluding hydrogens is 438 g/mol. The number of benzene rings is 1. The zero-order chi connectivity index (χ0) is 22.8. The number of hydrogen-bond acceptors (Lipinski definition) is 5. The number of carbonyl (C=O) groups excluding carboxylic acids is 1. The van der Waals surface area contributed by atoms with E-state index in [0.29, 0.717) is 29.7 Å². The van der Waals surface area contributed by atoms with E-state index >= 15 is 0 Å². The van der Waals surface area contributed by atoms with E-state index in [1.807, 2.05) is 17.7 Å². The SMILES string of the molecule is CCc1nc2ccc(Cl)cn2c1C(=O)NCc1ccc(N2CCC(n3cncn3)CC2)cc1. The van der Waals surface area contributed by atoms with Gasteiger partial charge >= 0.3 is 0 Å². The van der Waals surface area contributed by atoms with Gasteiger partial charge in [-0.3, -0.25) is 9.20 Å². The number of imidazole rings is 1. The Bertz CT molecular complexity index is 1240. The summed E-state index contributed by atoms with van der Waals surface area (Å²) in [6.45, 7) is 4.41. The monoisotopic (exact) mass is 463 g/mol. The number of amides is 1. The van der Waals surface area contributed by atoms with Crippen LogP contribution in [0, 0.1) is 0 Å². The zero-order valence-electron chi connectivity index (χ0n) is 18.5. The molecule has 1 aliphatic heterocycles. The molecule has 1 aromatic carbocycles. The molecule has 33 heavy (non-hydrogen) atoms. The summed E-state index contributed by atoms with van der Waals surface area (Å²) in [5, 5.41) is 7.88. The van der Waals surface area contributed by atoms with E-state index in [9.17, 15) is 4.79 Å². The standard InChI is InChI=1S/C24H26ClN7O/c1-2-21-23(31-14-18(25)5-8-22(31)29-21)24(33)27-13-17-3-6-19(7-4-17)30-11-9-20(10-12-30)32-16-26-15-28-32/h3-8,14-16,20H,2,9-13H2,1H3,(H,27,33). The molecule has 5 rings (SSSR count). The number of nitrogens with zero attached hydrogens (tertiary/aromatic N) is 6. The quantitative estimate of drug-likeness (QED) is 0.469. The molecule has 0 radical (unpaired) electrons. The Morgan fingerprint density at radius 3 is 2.64 bits per heavy atom. The lowest BCUT2D eigenvalue weighted by molar-refractivity contribution is 0.0944. The lowest BCUT2D eigenvalue weighted by Crippen LogP contribution is -2.34. The number of fused-ring (bicyclic) bond motifs is 1. The number of rotatable bonds is 6. The summed E-state index contributed by atoms with van der Waals surface area (Å²) in [6.07, 6.45) is 7.89. The van der Waals surface area contributed by atoms with Gasteiger partial charge in [0, 0.05) is 31.5 Å². The number of aryl methyl sites for hydroxylation is 1. The Morgan fingerprint density at radius 1 is 1.15 bits per heavy atom. The number of pyridine rings is 1. The van der Waals surface area contributed by atoms with Crippen LogP contribution in [-0.2, 0) is 13.0 Å². The third kappa shape index (κ3) is 4.43. The number of hydrogen-bond donors (Lipinski definition) is 1. The average Bonchev–Trinajstić information content (AvgIpc) is 3.51. The molecule has 1 fully saturated rings. The second-order valence-corrected chi connectivity index (χ2v) is 8.72. The minimum Gasteiger partial charge on any atom is -0.371 e. The van der Waals surface area contributed by atoms with Gasteiger partial charge in [-0.25, -0.2) is 14.6 Å². The van der Waals surface area contributed by atoms with Gasteiger partial charge in [-0.15, -0.1) is 0 Å². The molecule has 0 saturated carbocycles. The topological polar surface area (TPSA) is 80.4 Å². The van der Waals surface area contributed by atoms with E-state index in [0.717, 1.165) is 42.8 Å². The maximum Gasteiger partial charge on any atom is 0.270 e. The summed E-state index contributed by atoms with van der Waals surface area (Å²) in [6, 6.07) is 12.4. The van der Waals surface area contributed by atoms with E-state index in [-0.39, 0.29) is 5.91 Å². The van der Waals surface area contributed by atoms with Crippen molar-refractivity contribution in [1.29, 1.82) is 0 Å². The van der Waals surface area contributed by atoms with Crippen LogP contribution in [0.2, 0.25) is 5.02 Å². The Hall–Kier alpha value is -3.39. The highest BCUT2D eigenvalue weighted by Crippen LogP contribution is 2.26. The molecule has 1 amide bonds. The number of piperidine rings is 1. The van der Waals surface area contributed by atoms with Crippen molar-refractivity contribution in [2.75, 3.05) is 18.0 Å². The van der Waals surface area contributed by atoms with Gasteiger partial charge in [-0.1, -0.05) is 30.7 Å². The van der Waals surface area contributed by atoms with Gasteiger partial charge in [0.1, 0.15) is 24.0 Å². The lowest BCUT2D eigenvalue weighted by atomic mass is 10.0. The Kier molecular flexibility index (Phi) is 6.00. The maximum absolute atomic E-state index is 13.0. The molecule has 3 aromatic heterocycles. The summed E-state index contributed by atoms with van der Waals surface area (Å²) < 4.78 is 3.73. The van der Waals surface area contributed by atoms with Crippen LogP contribution in [0.4, 0.5) is 5.69 Å². The minimum atomic E-state index is -0.152. The zero-order valence-corrected chi connectivity index (χ0v) is 19.2. The molecule has 0 bridgehead atoms. The van der Waals surface area contributed by atoms with Gasteiger partial charge in [0.2, 0.25) is 0 Å². The van der Waals surface area contributed by atoms with Gasteiger partial charge in [0.15, 0.2) is 0 Å². The van der Waals surface area contributed by atoms with Crippen LogP contribution in [0.3, 0.4) is 0 Å². The summed E-state index contributed by atoms with van der Waals surface area (Å²) in [4.78, 5) is 24.0. The highest BCUT2D eigenvalue weighted by Gasteiger charge is 2.21. The fraction of sp³-hybridized carbons (Fsp3) is 0.333. The molecule has 4 heterocycles. The lowest BCUT2D eigenvalue weighted by Gasteiger charge is -2.33. The predicted octanol–water partition coefficient (Wildman–Crippen LogP) is 3.91. The van der Waals surface area contributed by atoms with Crippen molar-refractivity contribution in [1.82, 2.24) is 29.5 Å². The first-order chi connectivity index (χ1) is 16.1. The fourth-order valence-corrected chi connectivity index (χ4v) is 4.60. The molecule has 1 saturated heterocycles. The van der Waals surface area contributed by atoms with E-state index in [4.69, 9.17) is 11.6 Å². The average molecular weight is 464 g/mol. The first-order valence-corrected chi connectivity index (χ1v) is 11.6. The second-order valence-electron chi connectivity index (χ2n) is 8.28. The molecule has 0 atom stereocenters. The van der Waals surface area contributed by atoms with Crippen LogP contribution < -0.4 is 10.2 Å². The summed E-state index contributed by atoms with van der Waals surface area (Å²) in [7, 11) is 0. The van der Waals surface area contributed by atoms with Gasteiger partial charge in [-0.05, 0) is 49.1 Å². The van der Waals surface area contributed by atoms with Crippen molar-refractivity contribution in [2.45, 2.75) is 38.8 Å². The number of anilines is 1. The number of aromatic nitrogens is 5. The summed E-state index contributed by atoms with van der Waals surface area (Å²) in [5.74, 6) is -0.152. The largest absolute Gasteiger partial charge is 0.371 e. The Balaban J connectivity index is 1.21. The van der Waals surface area contributed by atoms with Gasteiger partial charge in [0.25, 0.3) is 5.91 Å². The van der Waals surface area contributed by atoms with Gasteiger partial charge in [0.05, 0.1) is 16.8 Å². The van der Waals surface area contributed by atoms with Crippen LogP contribution in [0.1, 0.15) is 47.6 Å². The Labute approximate surface area is 197 Å². The number of carbonyl (C=O) groups is 1. The van der Waals surface area contributed by atoms with Crippen molar-refractivity contribution >= 4 is 28.8 Å². The van der Waals surface area contributed by atoms with Crippen molar-refractivity contribution in [3.8, 4) is 0 Å². The van der Waals surface area contributed by atoms with Crippen molar-refractivity contribution in [2.24, 2.45) is 0 Å². The second kappa shape index (κ2) is 9.23. The summed E-state index contributed by atoms with van der Waals surface area (Å²) >= 11 is 6.14. The van der Waals surface area contributed by atoms with Crippen LogP contribution in [0.15, 0.2) is 55.2 Å². The third-order valence-corrected chi connectivity index (χ3v) is 6.46. The van der Waals surface area contributed by atoms with E-state index in [1.165, 1.54) is 5.69 Å².